The molecule has 126 valence electrons. The Morgan fingerprint density at radius 3 is 2.80 bits per heavy atom. The average Bonchev–Trinajstić information content (AvgIpc) is 3.12. The quantitative estimate of drug-likeness (QED) is 0.556. The van der Waals surface area contributed by atoms with Crippen LogP contribution in [0.2, 0.25) is 5.02 Å². The lowest BCUT2D eigenvalue weighted by molar-refractivity contribution is 0.0996. The molecule has 0 spiro atoms. The number of aliphatic imine (C=N–C) groups is 1. The lowest BCUT2D eigenvalue weighted by Crippen LogP contribution is -2.10. The summed E-state index contributed by atoms with van der Waals surface area (Å²) in [6.07, 6.45) is 2.96. The maximum absolute atomic E-state index is 12.0. The van der Waals surface area contributed by atoms with Gasteiger partial charge in [-0.05, 0) is 48.5 Å². The predicted molar refractivity (Wildman–Crippen MR) is 101 cm³/mol. The zero-order chi connectivity index (χ0) is 17.8. The summed E-state index contributed by atoms with van der Waals surface area (Å²) in [6.45, 7) is 0. The van der Waals surface area contributed by atoms with E-state index in [4.69, 9.17) is 16.0 Å². The van der Waals surface area contributed by atoms with E-state index in [1.807, 2.05) is 0 Å². The van der Waals surface area contributed by atoms with Crippen molar-refractivity contribution in [2.45, 2.75) is 0 Å². The van der Waals surface area contributed by atoms with Crippen molar-refractivity contribution in [3.63, 3.8) is 0 Å². The van der Waals surface area contributed by atoms with E-state index in [9.17, 15) is 9.90 Å². The highest BCUT2D eigenvalue weighted by molar-refractivity contribution is 9.10. The molecule has 7 heteroatoms. The van der Waals surface area contributed by atoms with Crippen LogP contribution in [0.25, 0.3) is 0 Å². The van der Waals surface area contributed by atoms with E-state index >= 15 is 0 Å². The molecule has 1 heterocycles. The molecule has 0 bridgehead atoms. The van der Waals surface area contributed by atoms with Gasteiger partial charge in [-0.15, -0.1) is 0 Å². The highest BCUT2D eigenvalue weighted by Gasteiger charge is 2.11. The highest BCUT2D eigenvalue weighted by atomic mass is 79.9. The van der Waals surface area contributed by atoms with Crippen LogP contribution in [-0.4, -0.2) is 17.2 Å². The van der Waals surface area contributed by atoms with E-state index in [2.05, 4.69) is 26.2 Å². The van der Waals surface area contributed by atoms with Crippen LogP contribution in [0.4, 0.5) is 11.4 Å². The number of phenolic OH excluding ortho intramolecular Hbond substituents is 1. The standard InChI is InChI=1S/C18H12BrClN2O3/c19-12-3-6-16(23)11(8-12)10-21-13-4-5-15(14(20)9-13)22-18(24)17-2-1-7-25-17/h1-10,23H,(H,22,24). The van der Waals surface area contributed by atoms with Crippen molar-refractivity contribution >= 4 is 51.0 Å². The van der Waals surface area contributed by atoms with Gasteiger partial charge in [0.25, 0.3) is 5.91 Å². The molecule has 0 radical (unpaired) electrons. The molecule has 3 aromatic rings. The maximum Gasteiger partial charge on any atom is 0.291 e. The molecule has 0 aliphatic rings. The van der Waals surface area contributed by atoms with Gasteiger partial charge in [0, 0.05) is 16.3 Å². The summed E-state index contributed by atoms with van der Waals surface area (Å²) < 4.78 is 5.87. The molecule has 0 saturated carbocycles. The number of hydrogen-bond acceptors (Lipinski definition) is 4. The summed E-state index contributed by atoms with van der Waals surface area (Å²) in [4.78, 5) is 16.3. The molecule has 0 aliphatic heterocycles. The Labute approximate surface area is 157 Å². The first kappa shape index (κ1) is 17.3. The van der Waals surface area contributed by atoms with Crippen LogP contribution in [0.1, 0.15) is 16.1 Å². The molecule has 0 fully saturated rings. The van der Waals surface area contributed by atoms with Gasteiger partial charge in [0.05, 0.1) is 22.7 Å². The minimum atomic E-state index is -0.387. The molecule has 0 unspecified atom stereocenters. The third-order valence-corrected chi connectivity index (χ3v) is 4.09. The third kappa shape index (κ3) is 4.29. The van der Waals surface area contributed by atoms with E-state index in [1.165, 1.54) is 12.5 Å². The van der Waals surface area contributed by atoms with Gasteiger partial charge in [-0.25, -0.2) is 0 Å². The molecule has 0 aliphatic carbocycles. The fraction of sp³-hybridized carbons (Fsp3) is 0. The number of hydrogen-bond donors (Lipinski definition) is 2. The molecule has 5 nitrogen and oxygen atoms in total. The van der Waals surface area contributed by atoms with Gasteiger partial charge in [0.1, 0.15) is 5.75 Å². The zero-order valence-corrected chi connectivity index (χ0v) is 15.1. The van der Waals surface area contributed by atoms with Gasteiger partial charge < -0.3 is 14.8 Å². The van der Waals surface area contributed by atoms with Gasteiger partial charge in [-0.1, -0.05) is 27.5 Å². The van der Waals surface area contributed by atoms with Crippen molar-refractivity contribution in [3.8, 4) is 5.75 Å². The molecule has 0 saturated heterocycles. The predicted octanol–water partition coefficient (Wildman–Crippen LogP) is 5.40. The molecule has 1 amide bonds. The van der Waals surface area contributed by atoms with Gasteiger partial charge in [0.2, 0.25) is 0 Å². The number of carbonyl (C=O) groups is 1. The van der Waals surface area contributed by atoms with E-state index in [0.29, 0.717) is 22.0 Å². The lowest BCUT2D eigenvalue weighted by Gasteiger charge is -2.06. The number of anilines is 1. The second kappa shape index (κ2) is 7.55. The van der Waals surface area contributed by atoms with Crippen molar-refractivity contribution in [3.05, 3.63) is 75.6 Å². The van der Waals surface area contributed by atoms with Crippen molar-refractivity contribution in [1.82, 2.24) is 0 Å². The molecule has 2 N–H and O–H groups in total. The highest BCUT2D eigenvalue weighted by Crippen LogP contribution is 2.28. The Morgan fingerprint density at radius 2 is 2.08 bits per heavy atom. The summed E-state index contributed by atoms with van der Waals surface area (Å²) in [6, 6.07) is 13.2. The number of rotatable bonds is 4. The fourth-order valence-electron chi connectivity index (χ4n) is 2.05. The largest absolute Gasteiger partial charge is 0.507 e. The van der Waals surface area contributed by atoms with E-state index in [-0.39, 0.29) is 17.4 Å². The lowest BCUT2D eigenvalue weighted by atomic mass is 10.2. The normalized spacial score (nSPS) is 11.0. The second-order valence-corrected chi connectivity index (χ2v) is 6.38. The topological polar surface area (TPSA) is 74.8 Å². The Kier molecular flexibility index (Phi) is 5.21. The van der Waals surface area contributed by atoms with Crippen LogP contribution in [0, 0.1) is 0 Å². The van der Waals surface area contributed by atoms with Crippen LogP contribution < -0.4 is 5.32 Å². The first-order valence-corrected chi connectivity index (χ1v) is 8.37. The average molecular weight is 420 g/mol. The van der Waals surface area contributed by atoms with Crippen LogP contribution >= 0.6 is 27.5 Å². The van der Waals surface area contributed by atoms with E-state index < -0.39 is 0 Å². The van der Waals surface area contributed by atoms with Gasteiger partial charge >= 0.3 is 0 Å². The molecule has 0 atom stereocenters. The number of nitrogens with one attached hydrogen (secondary N) is 1. The van der Waals surface area contributed by atoms with Crippen LogP contribution in [0.5, 0.6) is 5.75 Å². The molecule has 25 heavy (non-hydrogen) atoms. The monoisotopic (exact) mass is 418 g/mol. The van der Waals surface area contributed by atoms with E-state index in [0.717, 1.165) is 4.47 Å². The number of nitrogens with zero attached hydrogens (tertiary/aromatic N) is 1. The first-order valence-electron chi connectivity index (χ1n) is 7.20. The Hall–Kier alpha value is -2.57. The number of benzene rings is 2. The maximum atomic E-state index is 12.0. The smallest absolute Gasteiger partial charge is 0.291 e. The molecule has 2 aromatic carbocycles. The van der Waals surface area contributed by atoms with Crippen molar-refractivity contribution in [2.75, 3.05) is 5.32 Å². The van der Waals surface area contributed by atoms with Crippen molar-refractivity contribution in [1.29, 1.82) is 0 Å². The third-order valence-electron chi connectivity index (χ3n) is 3.29. The SMILES string of the molecule is O=C(Nc1ccc(N=Cc2cc(Br)ccc2O)cc1Cl)c1ccco1. The van der Waals surface area contributed by atoms with Gasteiger partial charge in [-0.3, -0.25) is 9.79 Å². The van der Waals surface area contributed by atoms with E-state index in [1.54, 1.807) is 48.5 Å². The van der Waals surface area contributed by atoms with Crippen molar-refractivity contribution in [2.24, 2.45) is 4.99 Å². The Balaban J connectivity index is 1.76. The van der Waals surface area contributed by atoms with Crippen LogP contribution in [0.15, 0.2) is 68.7 Å². The number of phenols is 1. The minimum Gasteiger partial charge on any atom is -0.507 e. The second-order valence-electron chi connectivity index (χ2n) is 5.06. The zero-order valence-electron chi connectivity index (χ0n) is 12.7. The van der Waals surface area contributed by atoms with Crippen molar-refractivity contribution < 1.29 is 14.3 Å². The fourth-order valence-corrected chi connectivity index (χ4v) is 2.65. The number of amides is 1. The van der Waals surface area contributed by atoms with Gasteiger partial charge in [-0.2, -0.15) is 0 Å². The minimum absolute atomic E-state index is 0.125. The summed E-state index contributed by atoms with van der Waals surface area (Å²) in [5.41, 5.74) is 1.60. The molecular formula is C18H12BrClN2O3. The molecular weight excluding hydrogens is 408 g/mol. The number of aromatic hydroxyl groups is 1. The number of furan rings is 1. The van der Waals surface area contributed by atoms with Crippen LogP contribution in [0.3, 0.4) is 0 Å². The Morgan fingerprint density at radius 1 is 1.24 bits per heavy atom. The number of halogens is 2. The molecule has 3 rings (SSSR count). The Bertz CT molecular complexity index is 939. The summed E-state index contributed by atoms with van der Waals surface area (Å²) >= 11 is 9.54. The molecule has 1 aromatic heterocycles. The summed E-state index contributed by atoms with van der Waals surface area (Å²) in [5, 5.41) is 12.8. The van der Waals surface area contributed by atoms with Crippen LogP contribution in [-0.2, 0) is 0 Å². The summed E-state index contributed by atoms with van der Waals surface area (Å²) in [5.74, 6) is -0.0640. The number of carbonyl (C=O) groups excluding carboxylic acids is 1. The summed E-state index contributed by atoms with van der Waals surface area (Å²) in [7, 11) is 0. The first-order chi connectivity index (χ1) is 12.0. The van der Waals surface area contributed by atoms with Gasteiger partial charge in [0.15, 0.2) is 5.76 Å².